The van der Waals surface area contributed by atoms with E-state index in [1.807, 2.05) is 24.8 Å². The zero-order valence-electron chi connectivity index (χ0n) is 10.7. The van der Waals surface area contributed by atoms with Crippen LogP contribution in [0.4, 0.5) is 4.39 Å². The summed E-state index contributed by atoms with van der Waals surface area (Å²) in [6.07, 6.45) is 3.69. The Hall–Kier alpha value is -0.540. The van der Waals surface area contributed by atoms with Crippen molar-refractivity contribution in [3.8, 4) is 0 Å². The number of thioether (sulfide) groups is 1. The van der Waals surface area contributed by atoms with Crippen molar-refractivity contribution in [1.82, 2.24) is 0 Å². The van der Waals surface area contributed by atoms with Gasteiger partial charge in [0.25, 0.3) is 0 Å². The summed E-state index contributed by atoms with van der Waals surface area (Å²) in [4.78, 5) is 0. The van der Waals surface area contributed by atoms with Crippen molar-refractivity contribution in [2.75, 3.05) is 5.75 Å². The van der Waals surface area contributed by atoms with Crippen LogP contribution in [0.2, 0.25) is 0 Å². The molecule has 0 radical (unpaired) electrons. The third-order valence-corrected chi connectivity index (χ3v) is 4.29. The van der Waals surface area contributed by atoms with Crippen molar-refractivity contribution in [2.24, 2.45) is 5.73 Å². The Kier molecular flexibility index (Phi) is 6.60. The molecule has 17 heavy (non-hydrogen) atoms. The molecule has 0 bridgehead atoms. The number of benzene rings is 1. The van der Waals surface area contributed by atoms with E-state index < -0.39 is 0 Å². The van der Waals surface area contributed by atoms with E-state index in [9.17, 15) is 4.39 Å². The largest absolute Gasteiger partial charge is 0.327 e. The highest BCUT2D eigenvalue weighted by Gasteiger charge is 2.16. The van der Waals surface area contributed by atoms with E-state index in [-0.39, 0.29) is 17.1 Å². The molecule has 0 aliphatic carbocycles. The first kappa shape index (κ1) is 14.5. The quantitative estimate of drug-likeness (QED) is 0.741. The average Bonchev–Trinajstić information content (AvgIpc) is 2.28. The van der Waals surface area contributed by atoms with Crippen molar-refractivity contribution in [3.05, 3.63) is 35.6 Å². The Morgan fingerprint density at radius 2 is 2.12 bits per heavy atom. The molecule has 0 aliphatic rings. The van der Waals surface area contributed by atoms with Crippen molar-refractivity contribution in [2.45, 2.75) is 44.4 Å². The molecule has 0 aromatic heterocycles. The smallest absolute Gasteiger partial charge is 0.123 e. The lowest BCUT2D eigenvalue weighted by atomic mass is 10.1. The van der Waals surface area contributed by atoms with Crippen LogP contribution < -0.4 is 5.73 Å². The molecule has 0 saturated carbocycles. The predicted octanol–water partition coefficient (Wildman–Crippen LogP) is 4.14. The van der Waals surface area contributed by atoms with Gasteiger partial charge in [0, 0.05) is 11.3 Å². The third kappa shape index (κ3) is 5.09. The number of hydrogen-bond acceptors (Lipinski definition) is 2. The van der Waals surface area contributed by atoms with E-state index >= 15 is 0 Å². The van der Waals surface area contributed by atoms with Crippen LogP contribution in [-0.4, -0.2) is 11.8 Å². The summed E-state index contributed by atoms with van der Waals surface area (Å²) in [5, 5.41) is 0.197. The zero-order chi connectivity index (χ0) is 12.7. The van der Waals surface area contributed by atoms with Gasteiger partial charge in [-0.1, -0.05) is 31.9 Å². The molecule has 0 fully saturated rings. The summed E-state index contributed by atoms with van der Waals surface area (Å²) in [6.45, 7) is 4.18. The van der Waals surface area contributed by atoms with Crippen LogP contribution in [0, 0.1) is 5.82 Å². The van der Waals surface area contributed by atoms with Gasteiger partial charge >= 0.3 is 0 Å². The van der Waals surface area contributed by atoms with Gasteiger partial charge in [-0.15, -0.1) is 0 Å². The van der Waals surface area contributed by atoms with Crippen molar-refractivity contribution < 1.29 is 4.39 Å². The number of nitrogens with two attached hydrogens (primary N) is 1. The van der Waals surface area contributed by atoms with Crippen LogP contribution in [0.15, 0.2) is 24.3 Å². The van der Waals surface area contributed by atoms with Crippen molar-refractivity contribution in [3.63, 3.8) is 0 Å². The fraction of sp³-hybridized carbons (Fsp3) is 0.571. The van der Waals surface area contributed by atoms with Gasteiger partial charge < -0.3 is 5.73 Å². The zero-order valence-corrected chi connectivity index (χ0v) is 11.5. The predicted molar refractivity (Wildman–Crippen MR) is 74.8 cm³/mol. The molecule has 1 aromatic rings. The Morgan fingerprint density at radius 1 is 1.35 bits per heavy atom. The van der Waals surface area contributed by atoms with Gasteiger partial charge in [0.2, 0.25) is 0 Å². The minimum atomic E-state index is -0.178. The SMILES string of the molecule is CCCCCSC(c1cccc(F)c1)C(C)N. The number of hydrogen-bond donors (Lipinski definition) is 1. The average molecular weight is 255 g/mol. The first-order valence-electron chi connectivity index (χ1n) is 6.27. The van der Waals surface area contributed by atoms with E-state index in [0.29, 0.717) is 0 Å². The molecule has 0 heterocycles. The monoisotopic (exact) mass is 255 g/mol. The Balaban J connectivity index is 2.59. The van der Waals surface area contributed by atoms with Gasteiger partial charge in [-0.25, -0.2) is 4.39 Å². The van der Waals surface area contributed by atoms with E-state index in [1.165, 1.54) is 25.3 Å². The Labute approximate surface area is 108 Å². The normalized spacial score (nSPS) is 14.6. The molecule has 96 valence electrons. The molecular formula is C14H22FNS. The maximum Gasteiger partial charge on any atom is 0.123 e. The maximum atomic E-state index is 13.2. The number of rotatable bonds is 7. The molecule has 0 aliphatic heterocycles. The minimum Gasteiger partial charge on any atom is -0.327 e. The molecule has 2 unspecified atom stereocenters. The lowest BCUT2D eigenvalue weighted by Gasteiger charge is -2.20. The second-order valence-corrected chi connectivity index (χ2v) is 5.66. The molecule has 0 saturated heterocycles. The minimum absolute atomic E-state index is 0.0448. The van der Waals surface area contributed by atoms with Gasteiger partial charge in [0.1, 0.15) is 5.82 Å². The van der Waals surface area contributed by atoms with Gasteiger partial charge in [-0.2, -0.15) is 11.8 Å². The summed E-state index contributed by atoms with van der Waals surface area (Å²) in [5.74, 6) is 0.915. The molecule has 1 aromatic carbocycles. The summed E-state index contributed by atoms with van der Waals surface area (Å²) in [6, 6.07) is 6.84. The summed E-state index contributed by atoms with van der Waals surface area (Å²) in [7, 11) is 0. The van der Waals surface area contributed by atoms with Gasteiger partial charge in [0.05, 0.1) is 0 Å². The lowest BCUT2D eigenvalue weighted by molar-refractivity contribution is 0.621. The van der Waals surface area contributed by atoms with Crippen LogP contribution in [0.5, 0.6) is 0 Å². The van der Waals surface area contributed by atoms with E-state index in [2.05, 4.69) is 6.92 Å². The fourth-order valence-electron chi connectivity index (χ4n) is 1.80. The molecule has 1 rings (SSSR count). The van der Waals surface area contributed by atoms with Crippen LogP contribution in [0.25, 0.3) is 0 Å². The van der Waals surface area contributed by atoms with Crippen LogP contribution in [0.3, 0.4) is 0 Å². The van der Waals surface area contributed by atoms with E-state index in [0.717, 1.165) is 11.3 Å². The van der Waals surface area contributed by atoms with Gasteiger partial charge in [-0.05, 0) is 36.8 Å². The molecule has 3 heteroatoms. The first-order chi connectivity index (χ1) is 8.15. The number of halogens is 1. The fourth-order valence-corrected chi connectivity index (χ4v) is 3.06. The van der Waals surface area contributed by atoms with Crippen molar-refractivity contribution in [1.29, 1.82) is 0 Å². The second-order valence-electron chi connectivity index (χ2n) is 4.41. The Bertz CT molecular complexity index is 328. The molecule has 2 atom stereocenters. The van der Waals surface area contributed by atoms with Gasteiger partial charge in [0.15, 0.2) is 0 Å². The maximum absolute atomic E-state index is 13.2. The Morgan fingerprint density at radius 3 is 2.71 bits per heavy atom. The highest BCUT2D eigenvalue weighted by atomic mass is 32.2. The third-order valence-electron chi connectivity index (χ3n) is 2.70. The van der Waals surface area contributed by atoms with E-state index in [1.54, 1.807) is 12.1 Å². The van der Waals surface area contributed by atoms with Crippen LogP contribution in [0.1, 0.15) is 43.9 Å². The van der Waals surface area contributed by atoms with Gasteiger partial charge in [-0.3, -0.25) is 0 Å². The summed E-state index contributed by atoms with van der Waals surface area (Å²) < 4.78 is 13.2. The number of unbranched alkanes of at least 4 members (excludes halogenated alkanes) is 2. The highest BCUT2D eigenvalue weighted by Crippen LogP contribution is 2.32. The van der Waals surface area contributed by atoms with E-state index in [4.69, 9.17) is 5.73 Å². The molecule has 0 spiro atoms. The molecular weight excluding hydrogens is 233 g/mol. The molecule has 0 amide bonds. The van der Waals surface area contributed by atoms with Crippen LogP contribution >= 0.6 is 11.8 Å². The second kappa shape index (κ2) is 7.72. The standard InChI is InChI=1S/C14H22FNS/c1-3-4-5-9-17-14(11(2)16)12-7-6-8-13(15)10-12/h6-8,10-11,14H,3-5,9,16H2,1-2H3. The molecule has 1 nitrogen and oxygen atoms in total. The topological polar surface area (TPSA) is 26.0 Å². The lowest BCUT2D eigenvalue weighted by Crippen LogP contribution is -2.23. The summed E-state index contributed by atoms with van der Waals surface area (Å²) >= 11 is 1.84. The van der Waals surface area contributed by atoms with Crippen LogP contribution in [-0.2, 0) is 0 Å². The summed E-state index contributed by atoms with van der Waals surface area (Å²) in [5.41, 5.74) is 6.99. The first-order valence-corrected chi connectivity index (χ1v) is 7.32. The van der Waals surface area contributed by atoms with Crippen molar-refractivity contribution >= 4 is 11.8 Å². The highest BCUT2D eigenvalue weighted by molar-refractivity contribution is 7.99. The molecule has 2 N–H and O–H groups in total.